The van der Waals surface area contributed by atoms with E-state index in [1.807, 2.05) is 6.07 Å². The Bertz CT molecular complexity index is 1570. The lowest BCUT2D eigenvalue weighted by molar-refractivity contribution is 0.268. The van der Waals surface area contributed by atoms with Crippen molar-refractivity contribution in [1.82, 2.24) is 4.90 Å². The van der Waals surface area contributed by atoms with E-state index in [0.717, 1.165) is 26.1 Å². The molecule has 2 aliphatic heterocycles. The van der Waals surface area contributed by atoms with E-state index >= 15 is 8.78 Å². The van der Waals surface area contributed by atoms with Crippen molar-refractivity contribution in [3.63, 3.8) is 0 Å². The Morgan fingerprint density at radius 1 is 1.05 bits per heavy atom. The third-order valence-electron chi connectivity index (χ3n) is 7.95. The van der Waals surface area contributed by atoms with Gasteiger partial charge in [0.2, 0.25) is 0 Å². The van der Waals surface area contributed by atoms with Crippen LogP contribution in [0.25, 0.3) is 5.57 Å². The van der Waals surface area contributed by atoms with E-state index in [0.29, 0.717) is 12.1 Å². The summed E-state index contributed by atoms with van der Waals surface area (Å²) in [5, 5.41) is 10.9. The monoisotopic (exact) mass is 575 g/mol. The van der Waals surface area contributed by atoms with Crippen LogP contribution in [-0.2, 0) is 12.0 Å². The first-order valence-corrected chi connectivity index (χ1v) is 14.0. The second kappa shape index (κ2) is 11.3. The molecule has 204 valence electrons. The molecule has 0 aliphatic carbocycles. The van der Waals surface area contributed by atoms with Crippen LogP contribution in [0, 0.1) is 28.4 Å². The van der Waals surface area contributed by atoms with Crippen molar-refractivity contribution < 1.29 is 8.78 Å². The fourth-order valence-electron chi connectivity index (χ4n) is 5.78. The lowest BCUT2D eigenvalue weighted by Crippen LogP contribution is -2.39. The molecule has 0 radical (unpaired) electrons. The molecule has 0 bridgehead atoms. The van der Waals surface area contributed by atoms with Crippen LogP contribution in [0.3, 0.4) is 0 Å². The summed E-state index contributed by atoms with van der Waals surface area (Å²) in [6.07, 6.45) is 4.98. The molecule has 3 aromatic rings. The molecule has 0 fully saturated rings. The van der Waals surface area contributed by atoms with Gasteiger partial charge in [-0.15, -0.1) is 0 Å². The largest absolute Gasteiger partial charge is 0.295 e. The second-order valence-corrected chi connectivity index (χ2v) is 11.8. The minimum Gasteiger partial charge on any atom is -0.295 e. The predicted molar refractivity (Wildman–Crippen MR) is 158 cm³/mol. The van der Waals surface area contributed by atoms with Crippen molar-refractivity contribution in [3.05, 3.63) is 123 Å². The quantitative estimate of drug-likeness (QED) is 0.264. The minimum absolute atomic E-state index is 0.0805. The van der Waals surface area contributed by atoms with Gasteiger partial charge in [0.15, 0.2) is 5.41 Å². The topological polar surface area (TPSA) is 39.4 Å². The smallest absolute Gasteiger partial charge is 0.150 e. The van der Waals surface area contributed by atoms with E-state index in [4.69, 9.17) is 23.2 Å². The molecule has 0 saturated carbocycles. The SMILES string of the molecule is CC(C)(CC1=NC=C(c2cccc(Cl)c2F)[C@@]1(C#N)c1ccc(Cl)cc1F)C1=CCN(Cc2ccccc2)CC1. The third kappa shape index (κ3) is 5.24. The molecule has 7 heteroatoms. The molecule has 1 atom stereocenters. The van der Waals surface area contributed by atoms with Gasteiger partial charge in [0, 0.05) is 53.3 Å². The van der Waals surface area contributed by atoms with Gasteiger partial charge in [0.05, 0.1) is 11.1 Å². The van der Waals surface area contributed by atoms with Crippen LogP contribution in [0.15, 0.2) is 89.6 Å². The van der Waals surface area contributed by atoms with Gasteiger partial charge in [0.25, 0.3) is 0 Å². The summed E-state index contributed by atoms with van der Waals surface area (Å²) in [7, 11) is 0. The molecule has 40 heavy (non-hydrogen) atoms. The van der Waals surface area contributed by atoms with E-state index in [2.05, 4.69) is 60.2 Å². The van der Waals surface area contributed by atoms with Gasteiger partial charge in [-0.05, 0) is 42.0 Å². The fourth-order valence-corrected chi connectivity index (χ4v) is 6.11. The number of halogens is 4. The molecule has 5 rings (SSSR count). The van der Waals surface area contributed by atoms with Gasteiger partial charge < -0.3 is 0 Å². The molecular weight excluding hydrogens is 547 g/mol. The van der Waals surface area contributed by atoms with Crippen LogP contribution in [0.1, 0.15) is 43.4 Å². The molecular formula is C33H29Cl2F2N3. The molecule has 0 unspecified atom stereocenters. The summed E-state index contributed by atoms with van der Waals surface area (Å²) in [6, 6.07) is 21.5. The summed E-state index contributed by atoms with van der Waals surface area (Å²) in [5.41, 5.74) is 1.43. The number of hydrogen-bond acceptors (Lipinski definition) is 3. The lowest BCUT2D eigenvalue weighted by atomic mass is 9.65. The van der Waals surface area contributed by atoms with E-state index in [9.17, 15) is 5.26 Å². The summed E-state index contributed by atoms with van der Waals surface area (Å²) >= 11 is 12.2. The minimum atomic E-state index is -1.65. The van der Waals surface area contributed by atoms with Crippen LogP contribution in [0.5, 0.6) is 0 Å². The summed E-state index contributed by atoms with van der Waals surface area (Å²) in [4.78, 5) is 7.06. The zero-order chi connectivity index (χ0) is 28.5. The van der Waals surface area contributed by atoms with E-state index in [1.165, 1.54) is 41.6 Å². The Hall–Kier alpha value is -3.30. The summed E-state index contributed by atoms with van der Waals surface area (Å²) < 4.78 is 30.8. The Labute approximate surface area is 244 Å². The Balaban J connectivity index is 1.48. The maximum atomic E-state index is 15.5. The predicted octanol–water partition coefficient (Wildman–Crippen LogP) is 8.78. The van der Waals surface area contributed by atoms with E-state index < -0.39 is 17.0 Å². The highest BCUT2D eigenvalue weighted by atomic mass is 35.5. The van der Waals surface area contributed by atoms with Crippen LogP contribution >= 0.6 is 23.2 Å². The normalized spacial score (nSPS) is 19.6. The van der Waals surface area contributed by atoms with Gasteiger partial charge in [-0.25, -0.2) is 8.78 Å². The first-order valence-electron chi connectivity index (χ1n) is 13.2. The Morgan fingerprint density at radius 2 is 1.82 bits per heavy atom. The van der Waals surface area contributed by atoms with Crippen LogP contribution < -0.4 is 0 Å². The average molecular weight is 577 g/mol. The van der Waals surface area contributed by atoms with Crippen molar-refractivity contribution in [2.75, 3.05) is 13.1 Å². The Morgan fingerprint density at radius 3 is 2.50 bits per heavy atom. The van der Waals surface area contributed by atoms with Gasteiger partial charge in [-0.2, -0.15) is 5.26 Å². The number of benzene rings is 3. The van der Waals surface area contributed by atoms with E-state index in [-0.39, 0.29) is 32.2 Å². The van der Waals surface area contributed by atoms with Gasteiger partial charge in [0.1, 0.15) is 11.6 Å². The number of rotatable bonds is 7. The molecule has 2 aliphatic rings. The number of allylic oxidation sites excluding steroid dienone is 1. The molecule has 2 heterocycles. The molecule has 0 amide bonds. The molecule has 0 spiro atoms. The number of hydrogen-bond donors (Lipinski definition) is 0. The van der Waals surface area contributed by atoms with Gasteiger partial charge >= 0.3 is 0 Å². The third-order valence-corrected chi connectivity index (χ3v) is 8.48. The highest BCUT2D eigenvalue weighted by Gasteiger charge is 2.49. The fraction of sp³-hybridized carbons (Fsp3) is 0.273. The molecule has 3 aromatic carbocycles. The number of aliphatic imine (C=N–C) groups is 1. The maximum Gasteiger partial charge on any atom is 0.150 e. The maximum absolute atomic E-state index is 15.5. The zero-order valence-electron chi connectivity index (χ0n) is 22.4. The standard InChI is InChI=1S/C33H29Cl2F2N3/c1-32(2,23-13-15-40(16-14-23)20-22-7-4-3-5-8-22)18-30-33(21-38,26-12-11-24(34)17-29(26)36)27(19-39-30)25-9-6-10-28(35)31(25)37/h3-13,17,19H,14-16,18,20H2,1-2H3/t33-/m1/s1. The first kappa shape index (κ1) is 28.2. The molecule has 0 saturated heterocycles. The number of nitrogens with zero attached hydrogens (tertiary/aromatic N) is 3. The van der Waals surface area contributed by atoms with Crippen molar-refractivity contribution >= 4 is 34.5 Å². The highest BCUT2D eigenvalue weighted by molar-refractivity contribution is 6.31. The molecule has 0 aromatic heterocycles. The summed E-state index contributed by atoms with van der Waals surface area (Å²) in [5.74, 6) is -1.32. The van der Waals surface area contributed by atoms with E-state index in [1.54, 1.807) is 12.1 Å². The van der Waals surface area contributed by atoms with Crippen LogP contribution in [0.2, 0.25) is 10.0 Å². The van der Waals surface area contributed by atoms with Crippen molar-refractivity contribution in [2.24, 2.45) is 10.4 Å². The zero-order valence-corrected chi connectivity index (χ0v) is 23.9. The molecule has 0 N–H and O–H groups in total. The Kier molecular flexibility index (Phi) is 7.97. The summed E-state index contributed by atoms with van der Waals surface area (Å²) in [6.45, 7) is 6.83. The van der Waals surface area contributed by atoms with Crippen molar-refractivity contribution in [3.8, 4) is 6.07 Å². The average Bonchev–Trinajstić information content (AvgIpc) is 3.28. The van der Waals surface area contributed by atoms with Crippen LogP contribution in [-0.4, -0.2) is 23.7 Å². The first-order chi connectivity index (χ1) is 19.2. The van der Waals surface area contributed by atoms with Gasteiger partial charge in [-0.3, -0.25) is 9.89 Å². The van der Waals surface area contributed by atoms with Crippen molar-refractivity contribution in [2.45, 2.75) is 38.6 Å². The lowest BCUT2D eigenvalue weighted by Gasteiger charge is -2.37. The highest BCUT2D eigenvalue weighted by Crippen LogP contribution is 2.49. The van der Waals surface area contributed by atoms with Crippen molar-refractivity contribution in [1.29, 1.82) is 5.26 Å². The van der Waals surface area contributed by atoms with Crippen LogP contribution in [0.4, 0.5) is 8.78 Å². The van der Waals surface area contributed by atoms with Gasteiger partial charge in [-0.1, -0.05) is 97.2 Å². The molecule has 3 nitrogen and oxygen atoms in total. The second-order valence-electron chi connectivity index (χ2n) is 11.0. The number of nitriles is 1.